The third-order valence-electron chi connectivity index (χ3n) is 5.02. The number of likely N-dealkylation sites (tertiary alicyclic amines) is 1. The molecule has 1 saturated carbocycles. The minimum absolute atomic E-state index is 0. The lowest BCUT2D eigenvalue weighted by molar-refractivity contribution is -0.128. The molecule has 2 atom stereocenters. The molecule has 6 heteroatoms. The van der Waals surface area contributed by atoms with Crippen molar-refractivity contribution in [3.63, 3.8) is 0 Å². The van der Waals surface area contributed by atoms with Gasteiger partial charge in [-0.15, -0.1) is 24.0 Å². The molecule has 0 bridgehead atoms. The Balaban J connectivity index is 0.00000242. The van der Waals surface area contributed by atoms with E-state index in [0.717, 1.165) is 30.9 Å². The lowest BCUT2D eigenvalue weighted by Gasteiger charge is -2.27. The molecule has 1 heterocycles. The molecular weight excluding hydrogens is 391 g/mol. The number of amides is 1. The van der Waals surface area contributed by atoms with Crippen molar-refractivity contribution in [1.29, 1.82) is 0 Å². The number of hydrogen-bond donors (Lipinski definition) is 2. The molecule has 0 spiro atoms. The summed E-state index contributed by atoms with van der Waals surface area (Å²) in [5.41, 5.74) is -0.433. The fourth-order valence-corrected chi connectivity index (χ4v) is 3.63. The average Bonchev–Trinajstić information content (AvgIpc) is 2.90. The number of aliphatic imine (C=N–C) groups is 1. The number of carbonyl (C=O) groups is 1. The Kier molecular flexibility index (Phi) is 7.41. The summed E-state index contributed by atoms with van der Waals surface area (Å²) in [5, 5.41) is 6.12. The largest absolute Gasteiger partial charge is 0.359 e. The van der Waals surface area contributed by atoms with Gasteiger partial charge in [0.2, 0.25) is 5.91 Å². The van der Waals surface area contributed by atoms with Gasteiger partial charge in [-0.2, -0.15) is 0 Å². The summed E-state index contributed by atoms with van der Waals surface area (Å²) in [5.74, 6) is 2.68. The van der Waals surface area contributed by atoms with E-state index in [1.54, 1.807) is 7.05 Å². The number of nitrogens with zero attached hydrogens (tertiary/aromatic N) is 2. The van der Waals surface area contributed by atoms with E-state index in [2.05, 4.69) is 20.5 Å². The number of carbonyl (C=O) groups excluding carboxylic acids is 1. The quantitative estimate of drug-likeness (QED) is 0.416. The molecule has 0 aromatic heterocycles. The van der Waals surface area contributed by atoms with Crippen LogP contribution < -0.4 is 10.6 Å². The molecule has 2 rings (SSSR count). The molecule has 0 aromatic carbocycles. The van der Waals surface area contributed by atoms with Crippen LogP contribution in [-0.4, -0.2) is 50.5 Å². The fraction of sp³-hybridized carbons (Fsp3) is 0.875. The maximum atomic E-state index is 11.9. The molecular formula is C16H31IN4O. The van der Waals surface area contributed by atoms with Crippen molar-refractivity contribution in [3.8, 4) is 0 Å². The van der Waals surface area contributed by atoms with Gasteiger partial charge < -0.3 is 15.5 Å². The third-order valence-corrected chi connectivity index (χ3v) is 5.02. The van der Waals surface area contributed by atoms with Gasteiger partial charge in [0.05, 0.1) is 5.41 Å². The van der Waals surface area contributed by atoms with Crippen molar-refractivity contribution in [2.24, 2.45) is 22.2 Å². The summed E-state index contributed by atoms with van der Waals surface area (Å²) in [4.78, 5) is 18.6. The van der Waals surface area contributed by atoms with Crippen molar-refractivity contribution in [2.75, 3.05) is 33.7 Å². The zero-order valence-corrected chi connectivity index (χ0v) is 16.6. The summed E-state index contributed by atoms with van der Waals surface area (Å²) in [6, 6.07) is 0. The van der Waals surface area contributed by atoms with Crippen LogP contribution in [-0.2, 0) is 4.79 Å². The molecule has 2 N–H and O–H groups in total. The van der Waals surface area contributed by atoms with Crippen molar-refractivity contribution in [3.05, 3.63) is 0 Å². The maximum Gasteiger partial charge on any atom is 0.227 e. The average molecular weight is 422 g/mol. The van der Waals surface area contributed by atoms with Gasteiger partial charge >= 0.3 is 0 Å². The van der Waals surface area contributed by atoms with Crippen LogP contribution in [0.3, 0.4) is 0 Å². The second-order valence-corrected chi connectivity index (χ2v) is 7.07. The van der Waals surface area contributed by atoms with E-state index in [-0.39, 0.29) is 29.9 Å². The first kappa shape index (κ1) is 19.5. The number of rotatable bonds is 3. The number of nitrogens with one attached hydrogen (secondary N) is 2. The van der Waals surface area contributed by atoms with Crippen molar-refractivity contribution >= 4 is 35.8 Å². The standard InChI is InChI=1S/C16H30N4O.HI/c1-16(2,14(21)17-3)11-19-15(18-4)20-9-12-7-5-6-8-13(12)10-20;/h12-13H,5-11H2,1-4H3,(H,17,21)(H,18,19);1H. The summed E-state index contributed by atoms with van der Waals surface area (Å²) >= 11 is 0. The highest BCUT2D eigenvalue weighted by Gasteiger charge is 2.36. The lowest BCUT2D eigenvalue weighted by Crippen LogP contribution is -2.48. The third kappa shape index (κ3) is 4.49. The predicted molar refractivity (Wildman–Crippen MR) is 102 cm³/mol. The predicted octanol–water partition coefficient (Wildman–Crippen LogP) is 2.07. The summed E-state index contributed by atoms with van der Waals surface area (Å²) in [6.45, 7) is 6.74. The Morgan fingerprint density at radius 3 is 2.23 bits per heavy atom. The van der Waals surface area contributed by atoms with Gasteiger partial charge in [-0.25, -0.2) is 0 Å². The van der Waals surface area contributed by atoms with Gasteiger partial charge in [0, 0.05) is 33.7 Å². The number of hydrogen-bond acceptors (Lipinski definition) is 2. The molecule has 1 saturated heterocycles. The highest BCUT2D eigenvalue weighted by Crippen LogP contribution is 2.35. The monoisotopic (exact) mass is 422 g/mol. The first-order valence-electron chi connectivity index (χ1n) is 8.15. The molecule has 0 radical (unpaired) electrons. The fourth-order valence-electron chi connectivity index (χ4n) is 3.63. The van der Waals surface area contributed by atoms with E-state index >= 15 is 0 Å². The van der Waals surface area contributed by atoms with E-state index in [4.69, 9.17) is 0 Å². The Labute approximate surface area is 151 Å². The van der Waals surface area contributed by atoms with Crippen LogP contribution in [0.4, 0.5) is 0 Å². The van der Waals surface area contributed by atoms with Crippen molar-refractivity contribution in [2.45, 2.75) is 39.5 Å². The van der Waals surface area contributed by atoms with Crippen LogP contribution in [0.5, 0.6) is 0 Å². The van der Waals surface area contributed by atoms with E-state index < -0.39 is 5.41 Å². The zero-order chi connectivity index (χ0) is 15.5. The molecule has 5 nitrogen and oxygen atoms in total. The number of halogens is 1. The molecule has 1 aliphatic carbocycles. The highest BCUT2D eigenvalue weighted by molar-refractivity contribution is 14.0. The zero-order valence-electron chi connectivity index (χ0n) is 14.3. The molecule has 2 fully saturated rings. The Morgan fingerprint density at radius 1 is 1.23 bits per heavy atom. The maximum absolute atomic E-state index is 11.9. The van der Waals surface area contributed by atoms with E-state index in [1.165, 1.54) is 25.7 Å². The normalized spacial score (nSPS) is 25.3. The summed E-state index contributed by atoms with van der Waals surface area (Å²) in [6.07, 6.45) is 5.49. The molecule has 1 aliphatic heterocycles. The van der Waals surface area contributed by atoms with Crippen LogP contribution in [0.2, 0.25) is 0 Å². The van der Waals surface area contributed by atoms with E-state index in [1.807, 2.05) is 20.9 Å². The first-order valence-corrected chi connectivity index (χ1v) is 8.15. The molecule has 0 aromatic rings. The van der Waals surface area contributed by atoms with Crippen LogP contribution in [0.15, 0.2) is 4.99 Å². The smallest absolute Gasteiger partial charge is 0.227 e. The molecule has 1 amide bonds. The van der Waals surface area contributed by atoms with Crippen LogP contribution >= 0.6 is 24.0 Å². The minimum atomic E-state index is -0.433. The number of fused-ring (bicyclic) bond motifs is 1. The highest BCUT2D eigenvalue weighted by atomic mass is 127. The van der Waals surface area contributed by atoms with Crippen LogP contribution in [0, 0.1) is 17.3 Å². The van der Waals surface area contributed by atoms with Gasteiger partial charge in [0.1, 0.15) is 0 Å². The Morgan fingerprint density at radius 2 is 1.77 bits per heavy atom. The topological polar surface area (TPSA) is 56.7 Å². The lowest BCUT2D eigenvalue weighted by atomic mass is 9.82. The van der Waals surface area contributed by atoms with Crippen molar-refractivity contribution < 1.29 is 4.79 Å². The minimum Gasteiger partial charge on any atom is -0.359 e. The van der Waals surface area contributed by atoms with Gasteiger partial charge in [-0.1, -0.05) is 12.8 Å². The Hall–Kier alpha value is -0.530. The van der Waals surface area contributed by atoms with Crippen LogP contribution in [0.25, 0.3) is 0 Å². The second kappa shape index (κ2) is 8.36. The van der Waals surface area contributed by atoms with E-state index in [9.17, 15) is 4.79 Å². The molecule has 2 aliphatic rings. The van der Waals surface area contributed by atoms with Crippen LogP contribution in [0.1, 0.15) is 39.5 Å². The van der Waals surface area contributed by atoms with Gasteiger partial charge in [0.25, 0.3) is 0 Å². The SMILES string of the molecule is CN=C(NCC(C)(C)C(=O)NC)N1CC2CCCCC2C1.I. The molecule has 128 valence electrons. The van der Waals surface area contributed by atoms with Gasteiger partial charge in [0.15, 0.2) is 5.96 Å². The Bertz CT molecular complexity index is 397. The summed E-state index contributed by atoms with van der Waals surface area (Å²) < 4.78 is 0. The first-order chi connectivity index (χ1) is 9.97. The van der Waals surface area contributed by atoms with Gasteiger partial charge in [-0.3, -0.25) is 9.79 Å². The number of guanidine groups is 1. The second-order valence-electron chi connectivity index (χ2n) is 7.07. The summed E-state index contributed by atoms with van der Waals surface area (Å²) in [7, 11) is 3.52. The molecule has 2 unspecified atom stereocenters. The van der Waals surface area contributed by atoms with Gasteiger partial charge in [-0.05, 0) is 38.5 Å². The van der Waals surface area contributed by atoms with Crippen molar-refractivity contribution in [1.82, 2.24) is 15.5 Å². The molecule has 22 heavy (non-hydrogen) atoms. The van der Waals surface area contributed by atoms with E-state index in [0.29, 0.717) is 6.54 Å².